The smallest absolute Gasteiger partial charge is 0.274 e. The number of rotatable bonds is 5. The Morgan fingerprint density at radius 3 is 2.52 bits per heavy atom. The number of carbonyl (C=O) groups excluding carboxylic acids is 1. The molecule has 33 heavy (non-hydrogen) atoms. The maximum Gasteiger partial charge on any atom is 0.274 e. The van der Waals surface area contributed by atoms with Crippen LogP contribution in [0.15, 0.2) is 67.0 Å². The predicted octanol–water partition coefficient (Wildman–Crippen LogP) is 3.88. The summed E-state index contributed by atoms with van der Waals surface area (Å²) in [5, 5.41) is 10.1. The second-order valence-electron chi connectivity index (χ2n) is 8.08. The van der Waals surface area contributed by atoms with Crippen LogP contribution in [0.5, 0.6) is 0 Å². The van der Waals surface area contributed by atoms with Crippen LogP contribution in [0.25, 0.3) is 16.8 Å². The number of benzene rings is 2. The molecule has 0 spiro atoms. The van der Waals surface area contributed by atoms with Gasteiger partial charge in [-0.15, -0.1) is 0 Å². The average Bonchev–Trinajstić information content (AvgIpc) is 3.25. The zero-order valence-electron chi connectivity index (χ0n) is 18.2. The van der Waals surface area contributed by atoms with E-state index in [2.05, 4.69) is 37.8 Å². The fraction of sp³-hybridized carbons (Fsp3) is 0.208. The first-order valence-corrected chi connectivity index (χ1v) is 11.1. The highest BCUT2D eigenvalue weighted by molar-refractivity contribution is 6.30. The van der Waals surface area contributed by atoms with Crippen molar-refractivity contribution in [2.75, 3.05) is 44.0 Å². The van der Waals surface area contributed by atoms with Gasteiger partial charge in [0, 0.05) is 54.3 Å². The number of piperazine rings is 1. The molecule has 1 aliphatic heterocycles. The molecule has 2 aromatic carbocycles. The van der Waals surface area contributed by atoms with Crippen LogP contribution in [0.3, 0.4) is 0 Å². The lowest BCUT2D eigenvalue weighted by Gasteiger charge is -2.33. The van der Waals surface area contributed by atoms with Crippen molar-refractivity contribution in [2.24, 2.45) is 0 Å². The molecule has 0 aliphatic carbocycles. The molecule has 0 unspecified atom stereocenters. The number of likely N-dealkylation sites (N-methyl/N-ethyl adjacent to an activating group) is 1. The van der Waals surface area contributed by atoms with Gasteiger partial charge in [0.15, 0.2) is 5.65 Å². The number of nitrogens with zero attached hydrogens (tertiary/aromatic N) is 5. The Morgan fingerprint density at radius 2 is 1.76 bits per heavy atom. The zero-order valence-corrected chi connectivity index (χ0v) is 19.0. The van der Waals surface area contributed by atoms with Crippen LogP contribution >= 0.6 is 11.6 Å². The van der Waals surface area contributed by atoms with E-state index in [1.165, 1.54) is 0 Å². The lowest BCUT2D eigenvalue weighted by atomic mass is 10.1. The molecular formula is C24H24ClN7O. The van der Waals surface area contributed by atoms with Crippen LogP contribution in [0, 0.1) is 0 Å². The van der Waals surface area contributed by atoms with Crippen molar-refractivity contribution in [3.05, 3.63) is 77.7 Å². The van der Waals surface area contributed by atoms with Gasteiger partial charge in [0.05, 0.1) is 6.20 Å². The van der Waals surface area contributed by atoms with E-state index in [1.807, 2.05) is 48.5 Å². The molecule has 2 aromatic heterocycles. The van der Waals surface area contributed by atoms with Crippen molar-refractivity contribution in [1.82, 2.24) is 24.5 Å². The van der Waals surface area contributed by atoms with E-state index in [1.54, 1.807) is 23.0 Å². The Labute approximate surface area is 196 Å². The molecule has 5 rings (SSSR count). The van der Waals surface area contributed by atoms with Gasteiger partial charge in [-0.3, -0.25) is 4.79 Å². The number of hydrazine groups is 1. The molecule has 1 aliphatic rings. The highest BCUT2D eigenvalue weighted by atomic mass is 35.5. The third-order valence-corrected chi connectivity index (χ3v) is 5.91. The van der Waals surface area contributed by atoms with Crippen LogP contribution in [-0.2, 0) is 0 Å². The summed E-state index contributed by atoms with van der Waals surface area (Å²) in [6.07, 6.45) is 3.45. The van der Waals surface area contributed by atoms with E-state index >= 15 is 0 Å². The molecule has 9 heteroatoms. The first kappa shape index (κ1) is 21.4. The minimum atomic E-state index is -0.282. The molecule has 0 atom stereocenters. The molecule has 0 radical (unpaired) electrons. The standard InChI is InChI=1S/C24H24ClN7O/c1-30-11-13-31(14-12-30)29-20-7-5-19(6-8-20)27-24(33)22-9-10-32-23(28-22)21(16-26-32)17-3-2-4-18(25)15-17/h2-10,15-16,29H,11-14H2,1H3,(H,27,33). The van der Waals surface area contributed by atoms with Gasteiger partial charge in [-0.2, -0.15) is 5.10 Å². The summed E-state index contributed by atoms with van der Waals surface area (Å²) in [6, 6.07) is 16.8. The molecule has 0 bridgehead atoms. The number of aromatic nitrogens is 3. The van der Waals surface area contributed by atoms with Gasteiger partial charge in [0.25, 0.3) is 5.91 Å². The summed E-state index contributed by atoms with van der Waals surface area (Å²) >= 11 is 6.14. The van der Waals surface area contributed by atoms with Crippen molar-refractivity contribution >= 4 is 34.5 Å². The fourth-order valence-corrected chi connectivity index (χ4v) is 3.97. The second kappa shape index (κ2) is 9.19. The van der Waals surface area contributed by atoms with Gasteiger partial charge in [0.1, 0.15) is 5.69 Å². The van der Waals surface area contributed by atoms with E-state index in [9.17, 15) is 4.79 Å². The lowest BCUT2D eigenvalue weighted by molar-refractivity contribution is 0.102. The molecule has 8 nitrogen and oxygen atoms in total. The molecule has 1 saturated heterocycles. The second-order valence-corrected chi connectivity index (χ2v) is 8.52. The summed E-state index contributed by atoms with van der Waals surface area (Å²) in [4.78, 5) is 19.7. The Kier molecular flexibility index (Phi) is 5.95. The van der Waals surface area contributed by atoms with Crippen LogP contribution in [0.2, 0.25) is 5.02 Å². The van der Waals surface area contributed by atoms with Crippen LogP contribution in [0.1, 0.15) is 10.5 Å². The Bertz CT molecular complexity index is 1280. The molecule has 2 N–H and O–H groups in total. The molecule has 4 aromatic rings. The first-order chi connectivity index (χ1) is 16.0. The van der Waals surface area contributed by atoms with Gasteiger partial charge < -0.3 is 15.6 Å². The van der Waals surface area contributed by atoms with Gasteiger partial charge in [-0.05, 0) is 55.1 Å². The quantitative estimate of drug-likeness (QED) is 0.469. The number of fused-ring (bicyclic) bond motifs is 1. The van der Waals surface area contributed by atoms with E-state index in [4.69, 9.17) is 11.6 Å². The van der Waals surface area contributed by atoms with Crippen molar-refractivity contribution in [1.29, 1.82) is 0 Å². The predicted molar refractivity (Wildman–Crippen MR) is 131 cm³/mol. The maximum absolute atomic E-state index is 12.9. The monoisotopic (exact) mass is 461 g/mol. The van der Waals surface area contributed by atoms with Crippen molar-refractivity contribution in [3.8, 4) is 11.1 Å². The Hall–Kier alpha value is -3.46. The van der Waals surface area contributed by atoms with Crippen LogP contribution < -0.4 is 10.7 Å². The summed E-state index contributed by atoms with van der Waals surface area (Å²) < 4.78 is 1.64. The third kappa shape index (κ3) is 4.83. The molecule has 1 amide bonds. The SMILES string of the molecule is CN1CCN(Nc2ccc(NC(=O)c3ccn4ncc(-c5cccc(Cl)c5)c4n3)cc2)CC1. The fourth-order valence-electron chi connectivity index (χ4n) is 3.78. The normalized spacial score (nSPS) is 15.0. The van der Waals surface area contributed by atoms with E-state index in [0.717, 1.165) is 43.0 Å². The minimum Gasteiger partial charge on any atom is -0.321 e. The largest absolute Gasteiger partial charge is 0.321 e. The summed E-state index contributed by atoms with van der Waals surface area (Å²) in [5.41, 5.74) is 7.72. The number of anilines is 2. The number of amides is 1. The number of halogens is 1. The van der Waals surface area contributed by atoms with Gasteiger partial charge in [-0.25, -0.2) is 14.5 Å². The summed E-state index contributed by atoms with van der Waals surface area (Å²) in [7, 11) is 2.13. The molecule has 0 saturated carbocycles. The van der Waals surface area contributed by atoms with Crippen molar-refractivity contribution < 1.29 is 4.79 Å². The maximum atomic E-state index is 12.9. The van der Waals surface area contributed by atoms with Crippen molar-refractivity contribution in [3.63, 3.8) is 0 Å². The van der Waals surface area contributed by atoms with Gasteiger partial charge in [0.2, 0.25) is 0 Å². The highest BCUT2D eigenvalue weighted by Crippen LogP contribution is 2.26. The van der Waals surface area contributed by atoms with E-state index in [-0.39, 0.29) is 5.91 Å². The average molecular weight is 462 g/mol. The molecule has 1 fully saturated rings. The first-order valence-electron chi connectivity index (χ1n) is 10.8. The van der Waals surface area contributed by atoms with E-state index in [0.29, 0.717) is 22.1 Å². The summed E-state index contributed by atoms with van der Waals surface area (Å²) in [6.45, 7) is 4.01. The summed E-state index contributed by atoms with van der Waals surface area (Å²) in [5.74, 6) is -0.282. The van der Waals surface area contributed by atoms with Crippen molar-refractivity contribution in [2.45, 2.75) is 0 Å². The van der Waals surface area contributed by atoms with Gasteiger partial charge in [-0.1, -0.05) is 23.7 Å². The molecule has 3 heterocycles. The van der Waals surface area contributed by atoms with Gasteiger partial charge >= 0.3 is 0 Å². The number of nitrogens with one attached hydrogen (secondary N) is 2. The van der Waals surface area contributed by atoms with E-state index < -0.39 is 0 Å². The highest BCUT2D eigenvalue weighted by Gasteiger charge is 2.15. The van der Waals surface area contributed by atoms with Crippen LogP contribution in [0.4, 0.5) is 11.4 Å². The Balaban J connectivity index is 1.29. The lowest BCUT2D eigenvalue weighted by Crippen LogP contribution is -2.46. The topological polar surface area (TPSA) is 77.8 Å². The van der Waals surface area contributed by atoms with Crippen LogP contribution in [-0.4, -0.2) is 63.6 Å². The third-order valence-electron chi connectivity index (χ3n) is 5.67. The Morgan fingerprint density at radius 1 is 1.00 bits per heavy atom. The molecule has 168 valence electrons. The zero-order chi connectivity index (χ0) is 22.8. The number of hydrogen-bond donors (Lipinski definition) is 2. The number of carbonyl (C=O) groups is 1. The number of hydrogen-bond acceptors (Lipinski definition) is 6. The molecular weight excluding hydrogens is 438 g/mol. The minimum absolute atomic E-state index is 0.282.